The Morgan fingerprint density at radius 3 is 2.52 bits per heavy atom. The van der Waals surface area contributed by atoms with E-state index in [0.29, 0.717) is 37.5 Å². The second-order valence-corrected chi connectivity index (χ2v) is 8.11. The third kappa shape index (κ3) is 3.97. The standard InChI is InChI=1S/C22H21ClF2N2O4/c1-30-20(28)19-16(24)11-14(12-17(19)25)31-9-8-27-6-4-22(5-7-27)15-10-13(23)2-3-18(15)26-21(22)29/h2-3,10-12H,4-9H2,1H3,(H,26,29). The number of methoxy groups -OCH3 is 1. The fraction of sp³-hybridized carbons (Fsp3) is 0.364. The number of piperidine rings is 1. The smallest absolute Gasteiger partial charge is 0.343 e. The molecule has 1 spiro atoms. The summed E-state index contributed by atoms with van der Waals surface area (Å²) in [5.74, 6) is -3.16. The van der Waals surface area contributed by atoms with Gasteiger partial charge in [-0.2, -0.15) is 0 Å². The molecule has 2 aromatic rings. The quantitative estimate of drug-likeness (QED) is 0.702. The molecule has 31 heavy (non-hydrogen) atoms. The Hall–Kier alpha value is -2.71. The number of ether oxygens (including phenoxy) is 2. The van der Waals surface area contributed by atoms with Gasteiger partial charge in [-0.1, -0.05) is 11.6 Å². The predicted octanol–water partition coefficient (Wildman–Crippen LogP) is 3.77. The van der Waals surface area contributed by atoms with Gasteiger partial charge < -0.3 is 14.8 Å². The van der Waals surface area contributed by atoms with Crippen LogP contribution in [0.15, 0.2) is 30.3 Å². The van der Waals surface area contributed by atoms with Crippen molar-refractivity contribution in [1.29, 1.82) is 0 Å². The number of hydrogen-bond donors (Lipinski definition) is 1. The number of hydrogen-bond acceptors (Lipinski definition) is 5. The van der Waals surface area contributed by atoms with Crippen molar-refractivity contribution in [3.63, 3.8) is 0 Å². The summed E-state index contributed by atoms with van der Waals surface area (Å²) in [4.78, 5) is 26.2. The van der Waals surface area contributed by atoms with Gasteiger partial charge in [0.05, 0.1) is 12.5 Å². The van der Waals surface area contributed by atoms with Crippen molar-refractivity contribution in [2.24, 2.45) is 0 Å². The number of fused-ring (bicyclic) bond motifs is 2. The van der Waals surface area contributed by atoms with E-state index in [1.807, 2.05) is 12.1 Å². The molecule has 0 aliphatic carbocycles. The fourth-order valence-corrected chi connectivity index (χ4v) is 4.44. The summed E-state index contributed by atoms with van der Waals surface area (Å²) >= 11 is 6.14. The van der Waals surface area contributed by atoms with Crippen LogP contribution in [0.2, 0.25) is 5.02 Å². The summed E-state index contributed by atoms with van der Waals surface area (Å²) in [6, 6.07) is 7.37. The average Bonchev–Trinajstić information content (AvgIpc) is 3.00. The monoisotopic (exact) mass is 450 g/mol. The van der Waals surface area contributed by atoms with Gasteiger partial charge in [-0.25, -0.2) is 13.6 Å². The van der Waals surface area contributed by atoms with Crippen molar-refractivity contribution in [3.05, 3.63) is 58.1 Å². The molecular formula is C22H21ClF2N2O4. The summed E-state index contributed by atoms with van der Waals surface area (Å²) in [5.41, 5.74) is 0.433. The van der Waals surface area contributed by atoms with Crippen LogP contribution in [0.3, 0.4) is 0 Å². The lowest BCUT2D eigenvalue weighted by molar-refractivity contribution is -0.122. The first-order valence-electron chi connectivity index (χ1n) is 9.88. The van der Waals surface area contributed by atoms with E-state index in [1.54, 1.807) is 6.07 Å². The topological polar surface area (TPSA) is 67.9 Å². The van der Waals surface area contributed by atoms with Gasteiger partial charge in [0.25, 0.3) is 0 Å². The molecule has 1 saturated heterocycles. The highest BCUT2D eigenvalue weighted by atomic mass is 35.5. The number of carbonyl (C=O) groups excluding carboxylic acids is 2. The second kappa shape index (κ2) is 8.43. The number of halogens is 3. The lowest BCUT2D eigenvalue weighted by Crippen LogP contribution is -2.47. The Bertz CT molecular complexity index is 1020. The van der Waals surface area contributed by atoms with E-state index in [1.165, 1.54) is 0 Å². The molecule has 0 saturated carbocycles. The van der Waals surface area contributed by atoms with E-state index >= 15 is 0 Å². The molecule has 0 bridgehead atoms. The Kier molecular flexibility index (Phi) is 5.85. The zero-order valence-electron chi connectivity index (χ0n) is 16.8. The van der Waals surface area contributed by atoms with E-state index in [2.05, 4.69) is 15.0 Å². The first-order valence-corrected chi connectivity index (χ1v) is 10.3. The molecule has 0 aromatic heterocycles. The summed E-state index contributed by atoms with van der Waals surface area (Å²) in [7, 11) is 1.05. The lowest BCUT2D eigenvalue weighted by Gasteiger charge is -2.37. The fourth-order valence-electron chi connectivity index (χ4n) is 4.26. The molecule has 164 valence electrons. The molecule has 1 fully saturated rings. The third-order valence-electron chi connectivity index (χ3n) is 5.97. The molecule has 2 aliphatic heterocycles. The zero-order valence-corrected chi connectivity index (χ0v) is 17.6. The van der Waals surface area contributed by atoms with Gasteiger partial charge in [-0.05, 0) is 49.7 Å². The van der Waals surface area contributed by atoms with E-state index in [9.17, 15) is 18.4 Å². The highest BCUT2D eigenvalue weighted by molar-refractivity contribution is 6.31. The van der Waals surface area contributed by atoms with Gasteiger partial charge in [0.1, 0.15) is 29.6 Å². The summed E-state index contributed by atoms with van der Waals surface area (Å²) in [5, 5.41) is 3.55. The summed E-state index contributed by atoms with van der Waals surface area (Å²) in [6.07, 6.45) is 1.28. The van der Waals surface area contributed by atoms with Crippen LogP contribution >= 0.6 is 11.6 Å². The van der Waals surface area contributed by atoms with Crippen LogP contribution in [0.4, 0.5) is 14.5 Å². The maximum absolute atomic E-state index is 14.0. The summed E-state index contributed by atoms with van der Waals surface area (Å²) in [6.45, 7) is 2.08. The van der Waals surface area contributed by atoms with Crippen LogP contribution in [-0.4, -0.2) is 50.1 Å². The molecule has 1 amide bonds. The molecule has 4 rings (SSSR count). The minimum Gasteiger partial charge on any atom is -0.492 e. The maximum Gasteiger partial charge on any atom is 0.343 e. The van der Waals surface area contributed by atoms with Gasteiger partial charge in [0.15, 0.2) is 0 Å². The highest BCUT2D eigenvalue weighted by Gasteiger charge is 2.48. The molecule has 0 atom stereocenters. The number of anilines is 1. The number of amides is 1. The van der Waals surface area contributed by atoms with Crippen LogP contribution in [0.5, 0.6) is 5.75 Å². The minimum atomic E-state index is -1.08. The normalized spacial score (nSPS) is 17.4. The van der Waals surface area contributed by atoms with Gasteiger partial charge in [0, 0.05) is 29.4 Å². The first kappa shape index (κ1) is 21.5. The number of likely N-dealkylation sites (tertiary alicyclic amines) is 1. The van der Waals surface area contributed by atoms with Crippen molar-refractivity contribution in [1.82, 2.24) is 4.90 Å². The van der Waals surface area contributed by atoms with E-state index in [-0.39, 0.29) is 18.3 Å². The van der Waals surface area contributed by atoms with Gasteiger partial charge in [-0.15, -0.1) is 0 Å². The van der Waals surface area contributed by atoms with Crippen molar-refractivity contribution >= 4 is 29.2 Å². The van der Waals surface area contributed by atoms with Crippen molar-refractivity contribution in [2.45, 2.75) is 18.3 Å². The predicted molar refractivity (Wildman–Crippen MR) is 111 cm³/mol. The van der Waals surface area contributed by atoms with Crippen molar-refractivity contribution in [3.8, 4) is 5.75 Å². The van der Waals surface area contributed by atoms with Crippen LogP contribution in [0, 0.1) is 11.6 Å². The number of nitrogens with one attached hydrogen (secondary N) is 1. The van der Waals surface area contributed by atoms with E-state index in [0.717, 1.165) is 30.5 Å². The van der Waals surface area contributed by atoms with Crippen molar-refractivity contribution in [2.75, 3.05) is 38.7 Å². The minimum absolute atomic E-state index is 0.00249. The Morgan fingerprint density at radius 1 is 1.19 bits per heavy atom. The molecule has 6 nitrogen and oxygen atoms in total. The second-order valence-electron chi connectivity index (χ2n) is 7.67. The van der Waals surface area contributed by atoms with Gasteiger partial charge in [-0.3, -0.25) is 9.69 Å². The molecule has 2 heterocycles. The van der Waals surface area contributed by atoms with Gasteiger partial charge in [0.2, 0.25) is 5.91 Å². The zero-order chi connectivity index (χ0) is 22.2. The van der Waals surface area contributed by atoms with Crippen LogP contribution in [-0.2, 0) is 14.9 Å². The molecule has 2 aliphatic rings. The van der Waals surface area contributed by atoms with Crippen LogP contribution in [0.25, 0.3) is 0 Å². The van der Waals surface area contributed by atoms with E-state index < -0.39 is 28.6 Å². The average molecular weight is 451 g/mol. The Morgan fingerprint density at radius 2 is 1.87 bits per heavy atom. The molecule has 1 N–H and O–H groups in total. The van der Waals surface area contributed by atoms with Gasteiger partial charge >= 0.3 is 5.97 Å². The number of carbonyl (C=O) groups is 2. The Labute approximate surface area is 183 Å². The molecule has 0 radical (unpaired) electrons. The largest absolute Gasteiger partial charge is 0.492 e. The van der Waals surface area contributed by atoms with Crippen LogP contribution in [0.1, 0.15) is 28.8 Å². The van der Waals surface area contributed by atoms with E-state index in [4.69, 9.17) is 16.3 Å². The third-order valence-corrected chi connectivity index (χ3v) is 6.21. The summed E-state index contributed by atoms with van der Waals surface area (Å²) < 4.78 is 37.9. The highest BCUT2D eigenvalue weighted by Crippen LogP contribution is 2.45. The first-order chi connectivity index (χ1) is 14.8. The lowest BCUT2D eigenvalue weighted by atomic mass is 9.73. The SMILES string of the molecule is COC(=O)c1c(F)cc(OCCN2CCC3(CC2)C(=O)Nc2ccc(Cl)cc23)cc1F. The maximum atomic E-state index is 14.0. The molecule has 9 heteroatoms. The number of esters is 1. The molecule has 2 aromatic carbocycles. The number of nitrogens with zero attached hydrogens (tertiary/aromatic N) is 1. The number of benzene rings is 2. The Balaban J connectivity index is 1.34. The van der Waals surface area contributed by atoms with Crippen LogP contribution < -0.4 is 10.1 Å². The molecule has 0 unspecified atom stereocenters. The molecular weight excluding hydrogens is 430 g/mol. The van der Waals surface area contributed by atoms with Crippen molar-refractivity contribution < 1.29 is 27.8 Å². The number of rotatable bonds is 5.